The van der Waals surface area contributed by atoms with Gasteiger partial charge in [0.1, 0.15) is 11.5 Å². The number of rotatable bonds is 8. The van der Waals surface area contributed by atoms with Crippen LogP contribution in [-0.4, -0.2) is 55.7 Å². The lowest BCUT2D eigenvalue weighted by molar-refractivity contribution is 0.267. The number of benzene rings is 1. The van der Waals surface area contributed by atoms with E-state index in [1.165, 1.54) is 19.4 Å². The Balaban J connectivity index is 0.00000320. The quantitative estimate of drug-likeness (QED) is 0.312. The van der Waals surface area contributed by atoms with Crippen molar-refractivity contribution in [1.82, 2.24) is 20.5 Å². The lowest BCUT2D eigenvalue weighted by atomic mass is 10.2. The summed E-state index contributed by atoms with van der Waals surface area (Å²) in [6.45, 7) is 6.10. The van der Waals surface area contributed by atoms with Crippen molar-refractivity contribution in [3.05, 3.63) is 48.2 Å². The maximum Gasteiger partial charge on any atom is 0.219 e. The molecule has 2 heterocycles. The number of nitrogens with zero attached hydrogens (tertiary/aromatic N) is 3. The van der Waals surface area contributed by atoms with Crippen molar-refractivity contribution in [2.45, 2.75) is 32.4 Å². The fourth-order valence-corrected chi connectivity index (χ4v) is 3.50. The first-order chi connectivity index (χ1) is 14.2. The average molecular weight is 525 g/mol. The van der Waals surface area contributed by atoms with Crippen molar-refractivity contribution < 1.29 is 9.47 Å². The van der Waals surface area contributed by atoms with Crippen LogP contribution in [0.25, 0.3) is 0 Å². The van der Waals surface area contributed by atoms with Gasteiger partial charge in [0.2, 0.25) is 5.88 Å². The summed E-state index contributed by atoms with van der Waals surface area (Å²) >= 11 is 0. The molecular weight excluding hydrogens is 493 g/mol. The normalized spacial score (nSPS) is 16.6. The monoisotopic (exact) mass is 525 g/mol. The van der Waals surface area contributed by atoms with Gasteiger partial charge >= 0.3 is 0 Å². The summed E-state index contributed by atoms with van der Waals surface area (Å²) in [5, 5.41) is 6.79. The topological polar surface area (TPSA) is 71.0 Å². The van der Waals surface area contributed by atoms with Crippen molar-refractivity contribution in [3.63, 3.8) is 0 Å². The number of likely N-dealkylation sites (N-methyl/N-ethyl adjacent to an activating group) is 1. The van der Waals surface area contributed by atoms with Crippen molar-refractivity contribution in [1.29, 1.82) is 0 Å². The summed E-state index contributed by atoms with van der Waals surface area (Å²) in [6.07, 6.45) is 4.34. The zero-order valence-electron chi connectivity index (χ0n) is 17.9. The zero-order valence-corrected chi connectivity index (χ0v) is 20.3. The van der Waals surface area contributed by atoms with Crippen LogP contribution in [-0.2, 0) is 6.54 Å². The van der Waals surface area contributed by atoms with Crippen LogP contribution in [0, 0.1) is 0 Å². The molecule has 1 fully saturated rings. The molecule has 0 aliphatic carbocycles. The Morgan fingerprint density at radius 2 is 1.93 bits per heavy atom. The molecule has 1 unspecified atom stereocenters. The number of pyridine rings is 1. The average Bonchev–Trinajstić information content (AvgIpc) is 3.23. The minimum absolute atomic E-state index is 0. The molecule has 8 heteroatoms. The number of halogens is 1. The second kappa shape index (κ2) is 12.6. The van der Waals surface area contributed by atoms with E-state index in [4.69, 9.17) is 9.47 Å². The zero-order chi connectivity index (χ0) is 20.5. The van der Waals surface area contributed by atoms with E-state index in [9.17, 15) is 0 Å². The molecular formula is C22H32IN5O2. The van der Waals surface area contributed by atoms with Gasteiger partial charge in [0, 0.05) is 38.4 Å². The molecule has 3 rings (SSSR count). The number of guanidine groups is 1. The lowest BCUT2D eigenvalue weighted by Gasteiger charge is -2.24. The van der Waals surface area contributed by atoms with Crippen LogP contribution < -0.4 is 20.1 Å². The molecule has 164 valence electrons. The lowest BCUT2D eigenvalue weighted by Crippen LogP contribution is -2.44. The Kier molecular flexibility index (Phi) is 10.2. The van der Waals surface area contributed by atoms with E-state index in [1.54, 1.807) is 14.2 Å². The van der Waals surface area contributed by atoms with Crippen LogP contribution in [0.1, 0.15) is 25.3 Å². The van der Waals surface area contributed by atoms with E-state index in [1.807, 2.05) is 42.6 Å². The summed E-state index contributed by atoms with van der Waals surface area (Å²) in [6, 6.07) is 11.9. The van der Waals surface area contributed by atoms with E-state index in [0.29, 0.717) is 18.5 Å². The van der Waals surface area contributed by atoms with Gasteiger partial charge in [0.25, 0.3) is 0 Å². The van der Waals surface area contributed by atoms with Crippen LogP contribution >= 0.6 is 24.0 Å². The number of nitrogens with one attached hydrogen (secondary N) is 2. The third kappa shape index (κ3) is 7.02. The largest absolute Gasteiger partial charge is 0.497 e. The molecule has 1 aliphatic rings. The van der Waals surface area contributed by atoms with Gasteiger partial charge in [-0.25, -0.2) is 4.98 Å². The fourth-order valence-electron chi connectivity index (χ4n) is 3.50. The van der Waals surface area contributed by atoms with Gasteiger partial charge in [-0.3, -0.25) is 9.89 Å². The minimum atomic E-state index is 0. The molecule has 2 aromatic rings. The number of methoxy groups -OCH3 is 1. The molecule has 1 saturated heterocycles. The van der Waals surface area contributed by atoms with Gasteiger partial charge in [-0.05, 0) is 55.8 Å². The molecule has 7 nitrogen and oxygen atoms in total. The summed E-state index contributed by atoms with van der Waals surface area (Å²) < 4.78 is 10.9. The first kappa shape index (κ1) is 24.2. The van der Waals surface area contributed by atoms with Gasteiger partial charge < -0.3 is 20.1 Å². The van der Waals surface area contributed by atoms with Crippen LogP contribution in [0.3, 0.4) is 0 Å². The first-order valence-electron chi connectivity index (χ1n) is 10.2. The maximum atomic E-state index is 5.77. The van der Waals surface area contributed by atoms with E-state index < -0.39 is 0 Å². The number of likely N-dealkylation sites (tertiary alicyclic amines) is 1. The minimum Gasteiger partial charge on any atom is -0.497 e. The third-order valence-corrected chi connectivity index (χ3v) is 5.17. The highest BCUT2D eigenvalue weighted by Gasteiger charge is 2.22. The highest BCUT2D eigenvalue weighted by Crippen LogP contribution is 2.22. The second-order valence-electron chi connectivity index (χ2n) is 7.01. The number of aromatic nitrogens is 1. The van der Waals surface area contributed by atoms with Crippen molar-refractivity contribution >= 4 is 29.9 Å². The SMILES string of the molecule is CCN1CCCC1CNC(=NC)NCc1ccc(Oc2ccc(OC)cc2)nc1.I. The second-order valence-corrected chi connectivity index (χ2v) is 7.01. The first-order valence-corrected chi connectivity index (χ1v) is 10.2. The van der Waals surface area contributed by atoms with Crippen molar-refractivity contribution in [3.8, 4) is 17.4 Å². The molecule has 1 atom stereocenters. The van der Waals surface area contributed by atoms with Gasteiger partial charge in [0.15, 0.2) is 5.96 Å². The van der Waals surface area contributed by atoms with E-state index in [2.05, 4.69) is 32.4 Å². The summed E-state index contributed by atoms with van der Waals surface area (Å²) in [7, 11) is 3.44. The van der Waals surface area contributed by atoms with Crippen molar-refractivity contribution in [2.24, 2.45) is 4.99 Å². The van der Waals surface area contributed by atoms with E-state index in [-0.39, 0.29) is 24.0 Å². The molecule has 0 radical (unpaired) electrons. The molecule has 0 spiro atoms. The van der Waals surface area contributed by atoms with Crippen molar-refractivity contribution in [2.75, 3.05) is 33.8 Å². The number of hydrogen-bond acceptors (Lipinski definition) is 5. The highest BCUT2D eigenvalue weighted by molar-refractivity contribution is 14.0. The van der Waals surface area contributed by atoms with E-state index >= 15 is 0 Å². The molecule has 1 aromatic carbocycles. The predicted octanol–water partition coefficient (Wildman–Crippen LogP) is 3.65. The number of ether oxygens (including phenoxy) is 2. The van der Waals surface area contributed by atoms with Crippen LogP contribution in [0.15, 0.2) is 47.6 Å². The predicted molar refractivity (Wildman–Crippen MR) is 131 cm³/mol. The summed E-state index contributed by atoms with van der Waals surface area (Å²) in [5.41, 5.74) is 1.06. The van der Waals surface area contributed by atoms with E-state index in [0.717, 1.165) is 36.1 Å². The molecule has 1 aliphatic heterocycles. The molecule has 0 saturated carbocycles. The third-order valence-electron chi connectivity index (χ3n) is 5.17. The van der Waals surface area contributed by atoms with Gasteiger partial charge in [-0.15, -0.1) is 24.0 Å². The molecule has 0 amide bonds. The van der Waals surface area contributed by atoms with Gasteiger partial charge in [-0.2, -0.15) is 0 Å². The van der Waals surface area contributed by atoms with Crippen LogP contribution in [0.2, 0.25) is 0 Å². The Hall–Kier alpha value is -2.07. The Bertz CT molecular complexity index is 783. The maximum absolute atomic E-state index is 5.77. The molecule has 2 N–H and O–H groups in total. The highest BCUT2D eigenvalue weighted by atomic mass is 127. The molecule has 30 heavy (non-hydrogen) atoms. The standard InChI is InChI=1S/C22H31N5O2.HI/c1-4-27-13-5-6-18(27)16-26-22(23-2)25-15-17-7-12-21(24-14-17)29-20-10-8-19(28-3)9-11-20;/h7-12,14,18H,4-6,13,15-16H2,1-3H3,(H2,23,25,26);1H. The Morgan fingerprint density at radius 3 is 2.57 bits per heavy atom. The smallest absolute Gasteiger partial charge is 0.219 e. The summed E-state index contributed by atoms with van der Waals surface area (Å²) in [5.74, 6) is 2.89. The fraction of sp³-hybridized carbons (Fsp3) is 0.455. The van der Waals surface area contributed by atoms with Gasteiger partial charge in [0.05, 0.1) is 7.11 Å². The molecule has 1 aromatic heterocycles. The summed E-state index contributed by atoms with van der Waals surface area (Å²) in [4.78, 5) is 11.2. The molecule has 0 bridgehead atoms. The number of hydrogen-bond donors (Lipinski definition) is 2. The Labute approximate surface area is 196 Å². The van der Waals surface area contributed by atoms with Crippen LogP contribution in [0.4, 0.5) is 0 Å². The van der Waals surface area contributed by atoms with Gasteiger partial charge in [-0.1, -0.05) is 13.0 Å². The van der Waals surface area contributed by atoms with Crippen LogP contribution in [0.5, 0.6) is 17.4 Å². The Morgan fingerprint density at radius 1 is 1.17 bits per heavy atom. The number of aliphatic imine (C=N–C) groups is 1.